The summed E-state index contributed by atoms with van der Waals surface area (Å²) in [5.41, 5.74) is 2.40. The third kappa shape index (κ3) is 2.62. The normalized spacial score (nSPS) is 10.7. The van der Waals surface area contributed by atoms with Crippen molar-refractivity contribution in [2.24, 2.45) is 0 Å². The van der Waals surface area contributed by atoms with Crippen molar-refractivity contribution in [3.05, 3.63) is 42.2 Å². The Balaban J connectivity index is 2.48. The van der Waals surface area contributed by atoms with E-state index in [1.54, 1.807) is 18.2 Å². The number of hydrogen-bond acceptors (Lipinski definition) is 3. The number of esters is 1. The van der Waals surface area contributed by atoms with Gasteiger partial charge in [0.1, 0.15) is 11.4 Å². The van der Waals surface area contributed by atoms with Crippen molar-refractivity contribution in [1.82, 2.24) is 4.57 Å². The minimum Gasteiger partial charge on any atom is -0.508 e. The van der Waals surface area contributed by atoms with Crippen LogP contribution in [-0.2, 0) is 4.74 Å². The van der Waals surface area contributed by atoms with Crippen molar-refractivity contribution in [3.8, 4) is 16.9 Å². The second-order valence-corrected chi connectivity index (χ2v) is 4.65. The summed E-state index contributed by atoms with van der Waals surface area (Å²) >= 11 is 0. The highest BCUT2D eigenvalue weighted by atomic mass is 16.5. The number of phenolic OH excluding ortho intramolecular Hbond substituents is 1. The standard InChI is InChI=1S/C15H17NO3/c1-10(2)16-9-12(8-14(16)15(18)19-3)11-4-6-13(17)7-5-11/h4-10,17H,1-3H3. The number of ether oxygens (including phenoxy) is 1. The first-order valence-electron chi connectivity index (χ1n) is 6.12. The minimum atomic E-state index is -0.348. The maximum Gasteiger partial charge on any atom is 0.354 e. The first-order valence-corrected chi connectivity index (χ1v) is 6.12. The van der Waals surface area contributed by atoms with Crippen molar-refractivity contribution in [1.29, 1.82) is 0 Å². The van der Waals surface area contributed by atoms with Crippen LogP contribution in [0.2, 0.25) is 0 Å². The maximum atomic E-state index is 11.8. The Morgan fingerprint density at radius 2 is 1.84 bits per heavy atom. The predicted octanol–water partition coefficient (Wildman–Crippen LogP) is 3.23. The van der Waals surface area contributed by atoms with Crippen LogP contribution < -0.4 is 0 Å². The van der Waals surface area contributed by atoms with E-state index in [2.05, 4.69) is 0 Å². The van der Waals surface area contributed by atoms with E-state index in [-0.39, 0.29) is 17.8 Å². The highest BCUT2D eigenvalue weighted by Gasteiger charge is 2.16. The van der Waals surface area contributed by atoms with Gasteiger partial charge in [0.2, 0.25) is 0 Å². The highest BCUT2D eigenvalue weighted by molar-refractivity contribution is 5.90. The van der Waals surface area contributed by atoms with Crippen LogP contribution in [0.4, 0.5) is 0 Å². The Morgan fingerprint density at radius 1 is 1.21 bits per heavy atom. The molecule has 0 fully saturated rings. The minimum absolute atomic E-state index is 0.167. The molecule has 19 heavy (non-hydrogen) atoms. The number of aromatic nitrogens is 1. The van der Waals surface area contributed by atoms with Crippen LogP contribution in [0.5, 0.6) is 5.75 Å². The number of methoxy groups -OCH3 is 1. The van der Waals surface area contributed by atoms with Gasteiger partial charge in [0, 0.05) is 17.8 Å². The van der Waals surface area contributed by atoms with Crippen LogP contribution in [-0.4, -0.2) is 22.8 Å². The van der Waals surface area contributed by atoms with Crippen LogP contribution in [0.1, 0.15) is 30.4 Å². The maximum absolute atomic E-state index is 11.8. The zero-order chi connectivity index (χ0) is 14.0. The summed E-state index contributed by atoms with van der Waals surface area (Å²) in [6.07, 6.45) is 1.92. The molecule has 0 saturated carbocycles. The SMILES string of the molecule is COC(=O)c1cc(-c2ccc(O)cc2)cn1C(C)C. The van der Waals surface area contributed by atoms with Crippen molar-refractivity contribution < 1.29 is 14.6 Å². The van der Waals surface area contributed by atoms with Crippen molar-refractivity contribution in [2.45, 2.75) is 19.9 Å². The van der Waals surface area contributed by atoms with E-state index in [0.29, 0.717) is 5.69 Å². The van der Waals surface area contributed by atoms with Gasteiger partial charge in [0.15, 0.2) is 0 Å². The molecule has 0 atom stereocenters. The zero-order valence-electron chi connectivity index (χ0n) is 11.3. The van der Waals surface area contributed by atoms with Gasteiger partial charge in [-0.2, -0.15) is 0 Å². The van der Waals surface area contributed by atoms with E-state index < -0.39 is 0 Å². The fourth-order valence-corrected chi connectivity index (χ4v) is 1.99. The summed E-state index contributed by atoms with van der Waals surface area (Å²) < 4.78 is 6.68. The summed E-state index contributed by atoms with van der Waals surface area (Å²) in [5, 5.41) is 9.30. The van der Waals surface area contributed by atoms with Gasteiger partial charge >= 0.3 is 5.97 Å². The average molecular weight is 259 g/mol. The molecule has 0 radical (unpaired) electrons. The molecule has 1 aromatic heterocycles. The molecule has 2 aromatic rings. The lowest BCUT2D eigenvalue weighted by Crippen LogP contribution is -2.11. The van der Waals surface area contributed by atoms with E-state index >= 15 is 0 Å². The second-order valence-electron chi connectivity index (χ2n) is 4.65. The first-order chi connectivity index (χ1) is 9.02. The molecule has 1 aromatic carbocycles. The molecule has 0 amide bonds. The number of benzene rings is 1. The molecule has 4 heteroatoms. The Bertz CT molecular complexity index is 582. The summed E-state index contributed by atoms with van der Waals surface area (Å²) in [5.74, 6) is -0.126. The molecule has 2 rings (SSSR count). The summed E-state index contributed by atoms with van der Waals surface area (Å²) in [6, 6.07) is 8.85. The Labute approximate surface area is 112 Å². The molecule has 1 heterocycles. The Kier molecular flexibility index (Phi) is 3.60. The fourth-order valence-electron chi connectivity index (χ4n) is 1.99. The molecule has 4 nitrogen and oxygen atoms in total. The van der Waals surface area contributed by atoms with Crippen LogP contribution in [0, 0.1) is 0 Å². The number of nitrogens with zero attached hydrogens (tertiary/aromatic N) is 1. The molecular formula is C15H17NO3. The second kappa shape index (κ2) is 5.18. The van der Waals surface area contributed by atoms with E-state index in [0.717, 1.165) is 11.1 Å². The lowest BCUT2D eigenvalue weighted by atomic mass is 10.1. The van der Waals surface area contributed by atoms with Gasteiger partial charge < -0.3 is 14.4 Å². The predicted molar refractivity (Wildman–Crippen MR) is 73.3 cm³/mol. The van der Waals surface area contributed by atoms with Gasteiger partial charge in [-0.25, -0.2) is 4.79 Å². The van der Waals surface area contributed by atoms with E-state index in [4.69, 9.17) is 4.74 Å². The lowest BCUT2D eigenvalue weighted by Gasteiger charge is -2.10. The third-order valence-electron chi connectivity index (χ3n) is 3.00. The fraction of sp³-hybridized carbons (Fsp3) is 0.267. The molecule has 0 aliphatic heterocycles. The quantitative estimate of drug-likeness (QED) is 0.861. The molecular weight excluding hydrogens is 242 g/mol. The molecule has 0 saturated heterocycles. The largest absolute Gasteiger partial charge is 0.508 e. The molecule has 0 aliphatic carbocycles. The monoisotopic (exact) mass is 259 g/mol. The Morgan fingerprint density at radius 3 is 2.37 bits per heavy atom. The number of carbonyl (C=O) groups excluding carboxylic acids is 1. The van der Waals surface area contributed by atoms with Crippen LogP contribution in [0.15, 0.2) is 36.5 Å². The Hall–Kier alpha value is -2.23. The molecule has 0 aliphatic rings. The molecule has 1 N–H and O–H groups in total. The summed E-state index contributed by atoms with van der Waals surface area (Å²) in [4.78, 5) is 11.8. The first kappa shape index (κ1) is 13.2. The smallest absolute Gasteiger partial charge is 0.354 e. The van der Waals surface area contributed by atoms with Gasteiger partial charge in [-0.05, 0) is 37.6 Å². The van der Waals surface area contributed by atoms with Gasteiger partial charge in [0.25, 0.3) is 0 Å². The molecule has 100 valence electrons. The topological polar surface area (TPSA) is 51.5 Å². The van der Waals surface area contributed by atoms with E-state index in [1.807, 2.05) is 36.7 Å². The summed E-state index contributed by atoms with van der Waals surface area (Å²) in [7, 11) is 1.38. The lowest BCUT2D eigenvalue weighted by molar-refractivity contribution is 0.0587. The number of phenols is 1. The van der Waals surface area contributed by atoms with Gasteiger partial charge in [0.05, 0.1) is 7.11 Å². The number of aromatic hydroxyl groups is 1. The van der Waals surface area contributed by atoms with Gasteiger partial charge in [-0.3, -0.25) is 0 Å². The summed E-state index contributed by atoms with van der Waals surface area (Å²) in [6.45, 7) is 4.01. The van der Waals surface area contributed by atoms with Gasteiger partial charge in [-0.1, -0.05) is 12.1 Å². The van der Waals surface area contributed by atoms with Crippen molar-refractivity contribution >= 4 is 5.97 Å². The number of hydrogen-bond donors (Lipinski definition) is 1. The average Bonchev–Trinajstić information content (AvgIpc) is 2.84. The van der Waals surface area contributed by atoms with E-state index in [1.165, 1.54) is 7.11 Å². The number of carbonyl (C=O) groups is 1. The molecule has 0 bridgehead atoms. The van der Waals surface area contributed by atoms with Crippen LogP contribution in [0.3, 0.4) is 0 Å². The van der Waals surface area contributed by atoms with Crippen LogP contribution >= 0.6 is 0 Å². The van der Waals surface area contributed by atoms with Gasteiger partial charge in [-0.15, -0.1) is 0 Å². The van der Waals surface area contributed by atoms with Crippen molar-refractivity contribution in [3.63, 3.8) is 0 Å². The highest BCUT2D eigenvalue weighted by Crippen LogP contribution is 2.26. The zero-order valence-corrected chi connectivity index (χ0v) is 11.3. The van der Waals surface area contributed by atoms with Crippen molar-refractivity contribution in [2.75, 3.05) is 7.11 Å². The molecule has 0 unspecified atom stereocenters. The van der Waals surface area contributed by atoms with E-state index in [9.17, 15) is 9.90 Å². The molecule has 0 spiro atoms. The van der Waals surface area contributed by atoms with Crippen LogP contribution in [0.25, 0.3) is 11.1 Å². The number of rotatable bonds is 3. The third-order valence-corrected chi connectivity index (χ3v) is 3.00.